The molecule has 0 saturated carbocycles. The third-order valence-electron chi connectivity index (χ3n) is 4.49. The first-order valence-electron chi connectivity index (χ1n) is 9.51. The van der Waals surface area contributed by atoms with Gasteiger partial charge in [0.15, 0.2) is 0 Å². The average Bonchev–Trinajstić information content (AvgIpc) is 2.87. The van der Waals surface area contributed by atoms with Crippen molar-refractivity contribution < 1.29 is 14.7 Å². The van der Waals surface area contributed by atoms with Crippen LogP contribution in [0.4, 0.5) is 0 Å². The molecule has 4 nitrogen and oxygen atoms in total. The monoisotopic (exact) mass is 405 g/mol. The van der Waals surface area contributed by atoms with Crippen molar-refractivity contribution in [1.29, 1.82) is 0 Å². The number of benzene rings is 1. The van der Waals surface area contributed by atoms with E-state index in [1.807, 2.05) is 31.2 Å². The topological polar surface area (TPSA) is 57.6 Å². The first-order chi connectivity index (χ1) is 13.0. The third kappa shape index (κ3) is 7.46. The zero-order chi connectivity index (χ0) is 19.6. The van der Waals surface area contributed by atoms with E-state index in [9.17, 15) is 9.59 Å². The third-order valence-corrected chi connectivity index (χ3v) is 5.86. The second kappa shape index (κ2) is 11.2. The van der Waals surface area contributed by atoms with E-state index in [0.29, 0.717) is 15.8 Å². The molecule has 1 heterocycles. The van der Waals surface area contributed by atoms with E-state index in [1.54, 1.807) is 4.90 Å². The summed E-state index contributed by atoms with van der Waals surface area (Å²) in [5.74, 6) is -0.699. The molecule has 1 saturated heterocycles. The van der Waals surface area contributed by atoms with Crippen LogP contribution < -0.4 is 0 Å². The van der Waals surface area contributed by atoms with Crippen LogP contribution in [0, 0.1) is 6.92 Å². The highest BCUT2D eigenvalue weighted by atomic mass is 32.2. The van der Waals surface area contributed by atoms with E-state index < -0.39 is 5.97 Å². The summed E-state index contributed by atoms with van der Waals surface area (Å²) in [4.78, 5) is 25.5. The van der Waals surface area contributed by atoms with Crippen LogP contribution >= 0.6 is 24.0 Å². The van der Waals surface area contributed by atoms with Crippen LogP contribution in [0.2, 0.25) is 0 Å². The summed E-state index contributed by atoms with van der Waals surface area (Å²) in [6, 6.07) is 8.08. The van der Waals surface area contributed by atoms with Crippen molar-refractivity contribution in [3.8, 4) is 0 Å². The number of thiocarbonyl (C=S) groups is 1. The summed E-state index contributed by atoms with van der Waals surface area (Å²) in [5, 5.41) is 8.60. The number of rotatable bonds is 11. The Kier molecular flexibility index (Phi) is 9.01. The van der Waals surface area contributed by atoms with Crippen molar-refractivity contribution in [2.75, 3.05) is 6.54 Å². The maximum atomic E-state index is 12.6. The fraction of sp³-hybridized carbons (Fsp3) is 0.476. The lowest BCUT2D eigenvalue weighted by molar-refractivity contribution is -0.137. The van der Waals surface area contributed by atoms with Crippen LogP contribution in [0.1, 0.15) is 62.5 Å². The Bertz CT molecular complexity index is 715. The molecule has 1 N–H and O–H groups in total. The van der Waals surface area contributed by atoms with E-state index in [-0.39, 0.29) is 12.3 Å². The minimum Gasteiger partial charge on any atom is -0.481 e. The first kappa shape index (κ1) is 21.6. The molecule has 146 valence electrons. The van der Waals surface area contributed by atoms with Gasteiger partial charge in [-0.05, 0) is 31.4 Å². The van der Waals surface area contributed by atoms with Gasteiger partial charge in [-0.15, -0.1) is 0 Å². The summed E-state index contributed by atoms with van der Waals surface area (Å²) in [6.07, 6.45) is 9.24. The minimum absolute atomic E-state index is 0.0141. The molecule has 1 amide bonds. The Morgan fingerprint density at radius 3 is 2.48 bits per heavy atom. The van der Waals surface area contributed by atoms with Crippen LogP contribution in [0.25, 0.3) is 6.08 Å². The molecule has 6 heteroatoms. The number of carboxylic acid groups (broad SMARTS) is 1. The Morgan fingerprint density at radius 2 is 1.81 bits per heavy atom. The van der Waals surface area contributed by atoms with Gasteiger partial charge in [0, 0.05) is 13.0 Å². The Balaban J connectivity index is 1.69. The lowest BCUT2D eigenvalue weighted by Crippen LogP contribution is -2.29. The fourth-order valence-electron chi connectivity index (χ4n) is 3.03. The Hall–Kier alpha value is -1.66. The van der Waals surface area contributed by atoms with Gasteiger partial charge >= 0.3 is 5.97 Å². The normalized spacial score (nSPS) is 15.7. The molecule has 1 aliphatic rings. The van der Waals surface area contributed by atoms with Crippen molar-refractivity contribution in [1.82, 2.24) is 4.90 Å². The quantitative estimate of drug-likeness (QED) is 0.303. The highest BCUT2D eigenvalue weighted by molar-refractivity contribution is 8.26. The van der Waals surface area contributed by atoms with Gasteiger partial charge in [-0.2, -0.15) is 0 Å². The number of unbranched alkanes of at least 4 members (excludes halogenated alkanes) is 6. The number of amides is 1. The minimum atomic E-state index is -0.713. The number of carboxylic acids is 1. The average molecular weight is 406 g/mol. The molecule has 0 unspecified atom stereocenters. The zero-order valence-corrected chi connectivity index (χ0v) is 17.4. The molecule has 2 rings (SSSR count). The predicted molar refractivity (Wildman–Crippen MR) is 116 cm³/mol. The highest BCUT2D eigenvalue weighted by Crippen LogP contribution is 2.32. The van der Waals surface area contributed by atoms with Gasteiger partial charge < -0.3 is 5.11 Å². The van der Waals surface area contributed by atoms with E-state index in [4.69, 9.17) is 17.3 Å². The maximum Gasteiger partial charge on any atom is 0.303 e. The summed E-state index contributed by atoms with van der Waals surface area (Å²) in [6.45, 7) is 2.71. The van der Waals surface area contributed by atoms with E-state index >= 15 is 0 Å². The number of nitrogens with zero attached hydrogens (tertiary/aromatic N) is 1. The first-order valence-corrected chi connectivity index (χ1v) is 10.7. The van der Waals surface area contributed by atoms with E-state index in [0.717, 1.165) is 50.5 Å². The van der Waals surface area contributed by atoms with E-state index in [1.165, 1.54) is 17.3 Å². The molecule has 0 aromatic heterocycles. The number of hydrogen-bond acceptors (Lipinski definition) is 4. The highest BCUT2D eigenvalue weighted by Gasteiger charge is 2.31. The number of hydrogen-bond donors (Lipinski definition) is 1. The molecule has 0 aliphatic carbocycles. The summed E-state index contributed by atoms with van der Waals surface area (Å²) >= 11 is 6.77. The predicted octanol–water partition coefficient (Wildman–Crippen LogP) is 5.40. The molecular formula is C21H27NO3S2. The smallest absolute Gasteiger partial charge is 0.303 e. The molecule has 0 radical (unpaired) electrons. The number of carbonyl (C=O) groups is 2. The van der Waals surface area contributed by atoms with Gasteiger partial charge in [-0.3, -0.25) is 14.5 Å². The van der Waals surface area contributed by atoms with Gasteiger partial charge in [0.25, 0.3) is 5.91 Å². The van der Waals surface area contributed by atoms with Gasteiger partial charge in [0.1, 0.15) is 4.32 Å². The molecule has 1 aromatic carbocycles. The molecule has 1 fully saturated rings. The van der Waals surface area contributed by atoms with Crippen molar-refractivity contribution >= 4 is 46.3 Å². The van der Waals surface area contributed by atoms with Crippen molar-refractivity contribution in [3.63, 3.8) is 0 Å². The lowest BCUT2D eigenvalue weighted by atomic mass is 10.1. The molecule has 0 bridgehead atoms. The molecular weight excluding hydrogens is 378 g/mol. The fourth-order valence-corrected chi connectivity index (χ4v) is 4.34. The molecule has 0 spiro atoms. The van der Waals surface area contributed by atoms with Crippen molar-refractivity contribution in [2.24, 2.45) is 0 Å². The van der Waals surface area contributed by atoms with Crippen LogP contribution in [-0.4, -0.2) is 32.7 Å². The number of carbonyl (C=O) groups excluding carboxylic acids is 1. The van der Waals surface area contributed by atoms with E-state index in [2.05, 4.69) is 6.07 Å². The largest absolute Gasteiger partial charge is 0.481 e. The summed E-state index contributed by atoms with van der Waals surface area (Å²) < 4.78 is 0.646. The van der Waals surface area contributed by atoms with Gasteiger partial charge in [0.05, 0.1) is 4.91 Å². The lowest BCUT2D eigenvalue weighted by Gasteiger charge is -2.14. The van der Waals surface area contributed by atoms with Crippen LogP contribution in [0.5, 0.6) is 0 Å². The van der Waals surface area contributed by atoms with Gasteiger partial charge in [-0.1, -0.05) is 85.9 Å². The molecule has 27 heavy (non-hydrogen) atoms. The summed E-state index contributed by atoms with van der Waals surface area (Å²) in [5.41, 5.74) is 2.19. The molecule has 0 atom stereocenters. The Morgan fingerprint density at radius 1 is 1.15 bits per heavy atom. The standard InChI is InChI=1S/C21H27NO3S2/c1-16-10-9-11-17(14-16)15-18-20(25)22(21(26)27-18)13-8-6-4-2-3-5-7-12-19(23)24/h9-11,14-15H,2-8,12-13H2,1H3,(H,23,24)/b18-15-. The molecule has 1 aliphatic heterocycles. The van der Waals surface area contributed by atoms with Gasteiger partial charge in [0.2, 0.25) is 0 Å². The zero-order valence-electron chi connectivity index (χ0n) is 15.8. The second-order valence-corrected chi connectivity index (χ2v) is 8.54. The van der Waals surface area contributed by atoms with Crippen LogP contribution in [-0.2, 0) is 9.59 Å². The SMILES string of the molecule is Cc1cccc(/C=C2\SC(=S)N(CCCCCCCCCC(=O)O)C2=O)c1. The number of aliphatic carboxylic acids is 1. The van der Waals surface area contributed by atoms with Gasteiger partial charge in [-0.25, -0.2) is 0 Å². The summed E-state index contributed by atoms with van der Waals surface area (Å²) in [7, 11) is 0. The Labute approximate surface area is 171 Å². The van der Waals surface area contributed by atoms with Crippen LogP contribution in [0.3, 0.4) is 0 Å². The maximum absolute atomic E-state index is 12.6. The van der Waals surface area contributed by atoms with Crippen molar-refractivity contribution in [3.05, 3.63) is 40.3 Å². The molecule has 1 aromatic rings. The second-order valence-electron chi connectivity index (χ2n) is 6.87. The van der Waals surface area contributed by atoms with Crippen molar-refractivity contribution in [2.45, 2.75) is 58.3 Å². The number of thioether (sulfide) groups is 1. The van der Waals surface area contributed by atoms with Crippen LogP contribution in [0.15, 0.2) is 29.2 Å². The number of aryl methyl sites for hydroxylation is 1.